The van der Waals surface area contributed by atoms with Crippen molar-refractivity contribution in [2.24, 2.45) is 0 Å². The van der Waals surface area contributed by atoms with Crippen LogP contribution in [0.3, 0.4) is 0 Å². The van der Waals surface area contributed by atoms with Gasteiger partial charge in [0.05, 0.1) is 6.04 Å². The van der Waals surface area contributed by atoms with Crippen LogP contribution in [0.2, 0.25) is 5.02 Å². The largest absolute Gasteiger partial charge is 0.356 e. The third-order valence-electron chi connectivity index (χ3n) is 5.88. The Morgan fingerprint density at radius 1 is 1.07 bits per heavy atom. The van der Waals surface area contributed by atoms with E-state index in [9.17, 15) is 4.79 Å². The number of nitrogens with one attached hydrogen (secondary N) is 1. The van der Waals surface area contributed by atoms with Crippen molar-refractivity contribution in [1.29, 1.82) is 0 Å². The molecule has 2 aromatic heterocycles. The van der Waals surface area contributed by atoms with Crippen molar-refractivity contribution in [3.63, 3.8) is 0 Å². The monoisotopic (exact) mass is 415 g/mol. The molecule has 1 atom stereocenters. The normalized spacial score (nSPS) is 15.9. The number of hydrogen-bond donors (Lipinski definition) is 1. The van der Waals surface area contributed by atoms with E-state index in [1.807, 2.05) is 53.4 Å². The van der Waals surface area contributed by atoms with Gasteiger partial charge in [-0.2, -0.15) is 0 Å². The topological polar surface area (TPSA) is 49.0 Å². The van der Waals surface area contributed by atoms with Gasteiger partial charge in [-0.15, -0.1) is 0 Å². The predicted octanol–water partition coefficient (Wildman–Crippen LogP) is 5.32. The number of halogens is 1. The lowest BCUT2D eigenvalue weighted by Crippen LogP contribution is -2.40. The van der Waals surface area contributed by atoms with E-state index >= 15 is 0 Å². The molecule has 2 aromatic carbocycles. The summed E-state index contributed by atoms with van der Waals surface area (Å²) >= 11 is 6.60. The Balaban J connectivity index is 1.53. The Morgan fingerprint density at radius 3 is 2.70 bits per heavy atom. The molecule has 1 aliphatic rings. The van der Waals surface area contributed by atoms with Crippen LogP contribution in [0.5, 0.6) is 0 Å². The highest BCUT2D eigenvalue weighted by Crippen LogP contribution is 2.40. The number of rotatable bonds is 4. The van der Waals surface area contributed by atoms with E-state index in [-0.39, 0.29) is 11.9 Å². The smallest absolute Gasteiger partial charge is 0.223 e. The number of carbonyl (C=O) groups excluding carboxylic acids is 1. The summed E-state index contributed by atoms with van der Waals surface area (Å²) < 4.78 is 0. The third kappa shape index (κ3) is 3.37. The van der Waals surface area contributed by atoms with Crippen LogP contribution in [0.1, 0.15) is 35.0 Å². The van der Waals surface area contributed by atoms with Crippen LogP contribution in [-0.2, 0) is 17.6 Å². The van der Waals surface area contributed by atoms with Crippen molar-refractivity contribution in [1.82, 2.24) is 14.9 Å². The highest BCUT2D eigenvalue weighted by atomic mass is 35.5. The standard InChI is InChI=1S/C25H22ClN3O/c26-21-10-3-1-9-20(21)25-24-19(18-8-2-4-11-22(18)28-24)14-16-29(25)23(30)13-12-17-7-5-6-15-27-17/h1-11,15,25,28H,12-14,16H2. The molecule has 1 unspecified atom stereocenters. The van der Waals surface area contributed by atoms with Crippen molar-refractivity contribution in [3.05, 3.63) is 100 Å². The van der Waals surface area contributed by atoms with Crippen LogP contribution in [0, 0.1) is 0 Å². The first kappa shape index (κ1) is 18.9. The van der Waals surface area contributed by atoms with Gasteiger partial charge in [0.15, 0.2) is 0 Å². The fourth-order valence-corrected chi connectivity index (χ4v) is 4.69. The molecule has 4 nitrogen and oxygen atoms in total. The predicted molar refractivity (Wildman–Crippen MR) is 120 cm³/mol. The third-order valence-corrected chi connectivity index (χ3v) is 6.22. The molecule has 0 saturated carbocycles. The van der Waals surface area contributed by atoms with Gasteiger partial charge in [-0.05, 0) is 48.2 Å². The molecule has 0 spiro atoms. The number of nitrogens with zero attached hydrogens (tertiary/aromatic N) is 2. The van der Waals surface area contributed by atoms with Gasteiger partial charge in [0.1, 0.15) is 0 Å². The van der Waals surface area contributed by atoms with E-state index in [1.54, 1.807) is 6.20 Å². The van der Waals surface area contributed by atoms with Crippen molar-refractivity contribution in [3.8, 4) is 0 Å². The van der Waals surface area contributed by atoms with Crippen LogP contribution < -0.4 is 0 Å². The minimum Gasteiger partial charge on any atom is -0.356 e. The van der Waals surface area contributed by atoms with Crippen molar-refractivity contribution < 1.29 is 4.79 Å². The van der Waals surface area contributed by atoms with Crippen molar-refractivity contribution in [2.45, 2.75) is 25.3 Å². The van der Waals surface area contributed by atoms with Gasteiger partial charge in [-0.1, -0.05) is 54.1 Å². The summed E-state index contributed by atoms with van der Waals surface area (Å²) in [6.45, 7) is 0.672. The fourth-order valence-electron chi connectivity index (χ4n) is 4.45. The van der Waals surface area contributed by atoms with E-state index in [0.29, 0.717) is 24.4 Å². The molecule has 3 heterocycles. The average Bonchev–Trinajstić information content (AvgIpc) is 3.17. The summed E-state index contributed by atoms with van der Waals surface area (Å²) in [5, 5.41) is 1.90. The van der Waals surface area contributed by atoms with Gasteiger partial charge < -0.3 is 9.88 Å². The SMILES string of the molecule is O=C(CCc1ccccn1)N1CCc2c([nH]c3ccccc23)C1c1ccccc1Cl. The van der Waals surface area contributed by atoms with Gasteiger partial charge in [-0.25, -0.2) is 0 Å². The van der Waals surface area contributed by atoms with Crippen LogP contribution in [0.15, 0.2) is 72.9 Å². The summed E-state index contributed by atoms with van der Waals surface area (Å²) in [6, 6.07) is 21.7. The lowest BCUT2D eigenvalue weighted by Gasteiger charge is -2.36. The fraction of sp³-hybridized carbons (Fsp3) is 0.200. The highest BCUT2D eigenvalue weighted by Gasteiger charge is 2.35. The van der Waals surface area contributed by atoms with Crippen molar-refractivity contribution in [2.75, 3.05) is 6.54 Å². The Hall–Kier alpha value is -3.11. The Kier molecular flexibility index (Phi) is 5.01. The van der Waals surface area contributed by atoms with Crippen LogP contribution in [0.4, 0.5) is 0 Å². The van der Waals surface area contributed by atoms with Gasteiger partial charge in [0.2, 0.25) is 5.91 Å². The summed E-state index contributed by atoms with van der Waals surface area (Å²) in [7, 11) is 0. The summed E-state index contributed by atoms with van der Waals surface area (Å²) in [5.41, 5.74) is 5.34. The summed E-state index contributed by atoms with van der Waals surface area (Å²) in [4.78, 5) is 23.2. The number of H-pyrrole nitrogens is 1. The van der Waals surface area contributed by atoms with Crippen LogP contribution in [0.25, 0.3) is 10.9 Å². The maximum atomic E-state index is 13.3. The van der Waals surface area contributed by atoms with E-state index in [4.69, 9.17) is 11.6 Å². The number of aromatic amines is 1. The Morgan fingerprint density at radius 2 is 1.87 bits per heavy atom. The molecule has 0 aliphatic carbocycles. The van der Waals surface area contributed by atoms with Gasteiger partial charge in [-0.3, -0.25) is 9.78 Å². The number of benzene rings is 2. The number of pyridine rings is 1. The molecule has 1 amide bonds. The van der Waals surface area contributed by atoms with Crippen LogP contribution >= 0.6 is 11.6 Å². The van der Waals surface area contributed by atoms with E-state index < -0.39 is 0 Å². The molecule has 5 rings (SSSR count). The summed E-state index contributed by atoms with van der Waals surface area (Å²) in [5.74, 6) is 0.120. The minimum atomic E-state index is -0.217. The quantitative estimate of drug-likeness (QED) is 0.490. The first-order chi connectivity index (χ1) is 14.7. The molecule has 4 aromatic rings. The minimum absolute atomic E-state index is 0.120. The Labute approximate surface area is 180 Å². The summed E-state index contributed by atoms with van der Waals surface area (Å²) in [6.07, 6.45) is 3.65. The first-order valence-corrected chi connectivity index (χ1v) is 10.6. The molecule has 30 heavy (non-hydrogen) atoms. The van der Waals surface area contributed by atoms with Gasteiger partial charge in [0.25, 0.3) is 0 Å². The molecular formula is C25H22ClN3O. The number of fused-ring (bicyclic) bond motifs is 3. The number of para-hydroxylation sites is 1. The molecule has 150 valence electrons. The van der Waals surface area contributed by atoms with Crippen molar-refractivity contribution >= 4 is 28.4 Å². The Bertz CT molecular complexity index is 1200. The molecule has 0 saturated heterocycles. The lowest BCUT2D eigenvalue weighted by atomic mass is 9.92. The molecule has 1 N–H and O–H groups in total. The number of amides is 1. The van der Waals surface area contributed by atoms with Gasteiger partial charge in [0, 0.05) is 46.5 Å². The molecule has 0 radical (unpaired) electrons. The van der Waals surface area contributed by atoms with E-state index in [0.717, 1.165) is 28.9 Å². The molecule has 1 aliphatic heterocycles. The van der Waals surface area contributed by atoms with E-state index in [1.165, 1.54) is 10.9 Å². The van der Waals surface area contributed by atoms with Crippen LogP contribution in [-0.4, -0.2) is 27.3 Å². The van der Waals surface area contributed by atoms with Gasteiger partial charge >= 0.3 is 0 Å². The zero-order chi connectivity index (χ0) is 20.5. The second-order valence-corrected chi connectivity index (χ2v) is 8.05. The van der Waals surface area contributed by atoms with E-state index in [2.05, 4.69) is 28.2 Å². The number of aryl methyl sites for hydroxylation is 1. The molecule has 5 heteroatoms. The highest BCUT2D eigenvalue weighted by molar-refractivity contribution is 6.31. The second kappa shape index (κ2) is 7.96. The number of aromatic nitrogens is 2. The maximum Gasteiger partial charge on any atom is 0.223 e. The average molecular weight is 416 g/mol. The lowest BCUT2D eigenvalue weighted by molar-refractivity contribution is -0.133. The molecule has 0 fully saturated rings. The maximum absolute atomic E-state index is 13.3. The number of hydrogen-bond acceptors (Lipinski definition) is 2. The zero-order valence-corrected chi connectivity index (χ0v) is 17.3. The molecule has 0 bridgehead atoms. The molecular weight excluding hydrogens is 394 g/mol. The zero-order valence-electron chi connectivity index (χ0n) is 16.5. The number of carbonyl (C=O) groups is 1. The first-order valence-electron chi connectivity index (χ1n) is 10.3. The second-order valence-electron chi connectivity index (χ2n) is 7.65.